The molecule has 1 aromatic carbocycles. The Kier molecular flexibility index (Phi) is 7.83. The molecule has 2 amide bonds. The van der Waals surface area contributed by atoms with Crippen LogP contribution in [-0.4, -0.2) is 35.3 Å². The van der Waals surface area contributed by atoms with Crippen molar-refractivity contribution >= 4 is 29.9 Å². The lowest BCUT2D eigenvalue weighted by Gasteiger charge is -2.36. The Hall–Kier alpha value is -1.66. The molecule has 1 aliphatic heterocycles. The summed E-state index contributed by atoms with van der Waals surface area (Å²) in [6.07, 6.45) is 2.73. The molecule has 25 heavy (non-hydrogen) atoms. The summed E-state index contributed by atoms with van der Waals surface area (Å²) in [4.78, 5) is 26.5. The van der Waals surface area contributed by atoms with Crippen LogP contribution in [-0.2, 0) is 9.59 Å². The minimum atomic E-state index is -0.835. The van der Waals surface area contributed by atoms with Crippen molar-refractivity contribution in [3.63, 3.8) is 0 Å². The lowest BCUT2D eigenvalue weighted by atomic mass is 9.91. The Morgan fingerprint density at radius 3 is 2.36 bits per heavy atom. The average Bonchev–Trinajstić information content (AvgIpc) is 2.56. The van der Waals surface area contributed by atoms with Crippen molar-refractivity contribution in [3.05, 3.63) is 30.1 Å². The maximum atomic E-state index is 12.9. The molecule has 1 aromatic rings. The van der Waals surface area contributed by atoms with Crippen molar-refractivity contribution in [2.24, 2.45) is 11.7 Å². The number of carbonyl (C=O) groups is 2. The Bertz CT molecular complexity index is 584. The molecule has 1 fully saturated rings. The van der Waals surface area contributed by atoms with Gasteiger partial charge in [0.15, 0.2) is 0 Å². The van der Waals surface area contributed by atoms with Gasteiger partial charge >= 0.3 is 0 Å². The van der Waals surface area contributed by atoms with Gasteiger partial charge in [-0.3, -0.25) is 9.59 Å². The summed E-state index contributed by atoms with van der Waals surface area (Å²) in [5, 5.41) is 2.80. The third kappa shape index (κ3) is 5.68. The molecule has 0 spiro atoms. The summed E-state index contributed by atoms with van der Waals surface area (Å²) in [6, 6.07) is 5.70. The van der Waals surface area contributed by atoms with Gasteiger partial charge in [-0.15, -0.1) is 12.4 Å². The lowest BCUT2D eigenvalue weighted by Crippen LogP contribution is -2.55. The molecule has 1 saturated heterocycles. The van der Waals surface area contributed by atoms with Gasteiger partial charge in [-0.2, -0.15) is 0 Å². The minimum absolute atomic E-state index is 0. The van der Waals surface area contributed by atoms with E-state index in [2.05, 4.69) is 5.32 Å². The van der Waals surface area contributed by atoms with E-state index in [-0.39, 0.29) is 36.0 Å². The average molecular weight is 372 g/mol. The number of nitrogens with two attached hydrogens (primary N) is 1. The highest BCUT2D eigenvalue weighted by molar-refractivity contribution is 5.93. The van der Waals surface area contributed by atoms with Gasteiger partial charge < -0.3 is 16.0 Å². The maximum absolute atomic E-state index is 12.9. The molecule has 0 aromatic heterocycles. The number of hydrogen-bond donors (Lipinski definition) is 2. The molecule has 1 atom stereocenters. The molecule has 140 valence electrons. The highest BCUT2D eigenvalue weighted by atomic mass is 35.5. The van der Waals surface area contributed by atoms with Crippen LogP contribution >= 0.6 is 12.4 Å². The first-order chi connectivity index (χ1) is 11.3. The van der Waals surface area contributed by atoms with E-state index in [0.717, 1.165) is 6.42 Å². The molecule has 7 heteroatoms. The van der Waals surface area contributed by atoms with Crippen LogP contribution in [0.2, 0.25) is 0 Å². The van der Waals surface area contributed by atoms with Crippen LogP contribution in [0.4, 0.5) is 10.1 Å². The Balaban J connectivity index is 0.00000312. The van der Waals surface area contributed by atoms with Gasteiger partial charge in [0, 0.05) is 24.7 Å². The van der Waals surface area contributed by atoms with Crippen molar-refractivity contribution in [3.8, 4) is 0 Å². The number of benzene rings is 1. The van der Waals surface area contributed by atoms with Crippen LogP contribution in [0, 0.1) is 11.7 Å². The number of rotatable bonds is 5. The molecule has 3 N–H and O–H groups in total. The number of likely N-dealkylation sites (tertiary alicyclic amines) is 1. The van der Waals surface area contributed by atoms with Gasteiger partial charge in [0.05, 0.1) is 5.54 Å². The monoisotopic (exact) mass is 371 g/mol. The topological polar surface area (TPSA) is 75.4 Å². The van der Waals surface area contributed by atoms with Crippen LogP contribution in [0.25, 0.3) is 0 Å². The van der Waals surface area contributed by atoms with E-state index < -0.39 is 5.54 Å². The second-order valence-corrected chi connectivity index (χ2v) is 6.73. The van der Waals surface area contributed by atoms with E-state index in [1.807, 2.05) is 6.92 Å². The van der Waals surface area contributed by atoms with Crippen LogP contribution in [0.1, 0.15) is 39.5 Å². The smallest absolute Gasteiger partial charge is 0.242 e. The number of hydrogen-bond acceptors (Lipinski definition) is 3. The molecular formula is C18H27ClFN3O2. The van der Waals surface area contributed by atoms with Gasteiger partial charge in [0.25, 0.3) is 0 Å². The standard InChI is InChI=1S/C18H26FN3O2.ClH/c1-3-10-18(2,20)17(24)22-11-8-13(9-12-22)16(23)21-15-6-4-14(19)5-7-15;/h4-7,13H,3,8-12,20H2,1-2H3,(H,21,23);1H. The predicted octanol–water partition coefficient (Wildman–Crippen LogP) is 2.94. The Labute approximate surface area is 154 Å². The summed E-state index contributed by atoms with van der Waals surface area (Å²) >= 11 is 0. The molecular weight excluding hydrogens is 345 g/mol. The summed E-state index contributed by atoms with van der Waals surface area (Å²) < 4.78 is 12.9. The van der Waals surface area contributed by atoms with Gasteiger partial charge in [-0.1, -0.05) is 13.3 Å². The molecule has 0 aliphatic carbocycles. The Morgan fingerprint density at radius 1 is 1.28 bits per heavy atom. The highest BCUT2D eigenvalue weighted by Gasteiger charge is 2.35. The maximum Gasteiger partial charge on any atom is 0.242 e. The van der Waals surface area contributed by atoms with Crippen LogP contribution < -0.4 is 11.1 Å². The van der Waals surface area contributed by atoms with Crippen molar-refractivity contribution in [2.45, 2.75) is 45.1 Å². The fraction of sp³-hybridized carbons (Fsp3) is 0.556. The van der Waals surface area contributed by atoms with E-state index in [1.165, 1.54) is 24.3 Å². The third-order valence-electron chi connectivity index (χ3n) is 4.52. The van der Waals surface area contributed by atoms with Gasteiger partial charge in [-0.25, -0.2) is 4.39 Å². The van der Waals surface area contributed by atoms with E-state index in [9.17, 15) is 14.0 Å². The zero-order chi connectivity index (χ0) is 17.7. The highest BCUT2D eigenvalue weighted by Crippen LogP contribution is 2.22. The number of nitrogens with one attached hydrogen (secondary N) is 1. The predicted molar refractivity (Wildman–Crippen MR) is 99.1 cm³/mol. The van der Waals surface area contributed by atoms with E-state index in [4.69, 9.17) is 5.73 Å². The van der Waals surface area contributed by atoms with E-state index >= 15 is 0 Å². The quantitative estimate of drug-likeness (QED) is 0.835. The molecule has 2 rings (SSSR count). The van der Waals surface area contributed by atoms with Crippen molar-refractivity contribution in [2.75, 3.05) is 18.4 Å². The SMILES string of the molecule is CCCC(C)(N)C(=O)N1CCC(C(=O)Nc2ccc(F)cc2)CC1.Cl. The normalized spacial score (nSPS) is 17.4. The molecule has 1 heterocycles. The van der Waals surface area contributed by atoms with Gasteiger partial charge in [0.1, 0.15) is 5.82 Å². The number of carbonyl (C=O) groups excluding carboxylic acids is 2. The molecule has 0 saturated carbocycles. The Morgan fingerprint density at radius 2 is 1.84 bits per heavy atom. The second-order valence-electron chi connectivity index (χ2n) is 6.73. The number of piperidine rings is 1. The first-order valence-electron chi connectivity index (χ1n) is 8.48. The van der Waals surface area contributed by atoms with Crippen LogP contribution in [0.3, 0.4) is 0 Å². The minimum Gasteiger partial charge on any atom is -0.341 e. The third-order valence-corrected chi connectivity index (χ3v) is 4.52. The van der Waals surface area contributed by atoms with Crippen LogP contribution in [0.15, 0.2) is 24.3 Å². The second kappa shape index (κ2) is 9.15. The number of halogens is 2. The molecule has 5 nitrogen and oxygen atoms in total. The molecule has 1 unspecified atom stereocenters. The molecule has 0 radical (unpaired) electrons. The number of nitrogens with zero attached hydrogens (tertiary/aromatic N) is 1. The van der Waals surface area contributed by atoms with Gasteiger partial charge in [0.2, 0.25) is 11.8 Å². The summed E-state index contributed by atoms with van der Waals surface area (Å²) in [6.45, 7) is 4.85. The summed E-state index contributed by atoms with van der Waals surface area (Å²) in [7, 11) is 0. The van der Waals surface area contributed by atoms with E-state index in [0.29, 0.717) is 38.0 Å². The van der Waals surface area contributed by atoms with Crippen LogP contribution in [0.5, 0.6) is 0 Å². The van der Waals surface area contributed by atoms with Crippen molar-refractivity contribution in [1.82, 2.24) is 4.90 Å². The van der Waals surface area contributed by atoms with Gasteiger partial charge in [-0.05, 0) is 50.5 Å². The zero-order valence-electron chi connectivity index (χ0n) is 14.8. The fourth-order valence-electron chi connectivity index (χ4n) is 3.11. The number of amides is 2. The number of anilines is 1. The summed E-state index contributed by atoms with van der Waals surface area (Å²) in [5.74, 6) is -0.606. The zero-order valence-corrected chi connectivity index (χ0v) is 15.6. The fourth-order valence-corrected chi connectivity index (χ4v) is 3.11. The first kappa shape index (κ1) is 21.4. The lowest BCUT2D eigenvalue weighted by molar-refractivity contribution is -0.139. The van der Waals surface area contributed by atoms with Crippen molar-refractivity contribution < 1.29 is 14.0 Å². The molecule has 1 aliphatic rings. The van der Waals surface area contributed by atoms with Crippen molar-refractivity contribution in [1.29, 1.82) is 0 Å². The first-order valence-corrected chi connectivity index (χ1v) is 8.48. The summed E-state index contributed by atoms with van der Waals surface area (Å²) in [5.41, 5.74) is 5.85. The largest absolute Gasteiger partial charge is 0.341 e. The molecule has 0 bridgehead atoms. The van der Waals surface area contributed by atoms with E-state index in [1.54, 1.807) is 11.8 Å².